The summed E-state index contributed by atoms with van der Waals surface area (Å²) in [7, 11) is 0. The van der Waals surface area contributed by atoms with Crippen LogP contribution in [-0.2, 0) is 19.4 Å². The van der Waals surface area contributed by atoms with Gasteiger partial charge in [-0.25, -0.2) is 4.79 Å². The van der Waals surface area contributed by atoms with E-state index in [9.17, 15) is 4.79 Å². The maximum Gasteiger partial charge on any atom is 0.356 e. The molecular weight excluding hydrogens is 304 g/mol. The first kappa shape index (κ1) is 15.3. The Morgan fingerprint density at radius 1 is 1.25 bits per heavy atom. The van der Waals surface area contributed by atoms with Gasteiger partial charge < -0.3 is 5.11 Å². The highest BCUT2D eigenvalue weighted by atomic mass is 16.4. The van der Waals surface area contributed by atoms with Gasteiger partial charge in [-0.1, -0.05) is 6.07 Å². The Hall–Kier alpha value is -2.21. The van der Waals surface area contributed by atoms with Crippen LogP contribution in [0.1, 0.15) is 52.7 Å². The number of fused-ring (bicyclic) bond motifs is 1. The van der Waals surface area contributed by atoms with Crippen LogP contribution in [-0.4, -0.2) is 43.8 Å². The first-order valence-corrected chi connectivity index (χ1v) is 8.67. The molecule has 1 atom stereocenters. The molecule has 1 unspecified atom stereocenters. The third-order valence-electron chi connectivity index (χ3n) is 5.05. The number of nitrogens with zero attached hydrogens (tertiary/aromatic N) is 4. The molecule has 0 spiro atoms. The number of aromatic nitrogens is 3. The Bertz CT molecular complexity index is 755. The molecule has 4 rings (SSSR count). The SMILES string of the molecule is O=C(O)c1ccn(C2CCCN(Cc3ccc4c(n3)CCC4)C2)n1. The Morgan fingerprint density at radius 3 is 3.00 bits per heavy atom. The van der Waals surface area contributed by atoms with Crippen LogP contribution in [0, 0.1) is 0 Å². The fourth-order valence-corrected chi connectivity index (χ4v) is 3.83. The maximum absolute atomic E-state index is 11.0. The lowest BCUT2D eigenvalue weighted by Crippen LogP contribution is -2.36. The summed E-state index contributed by atoms with van der Waals surface area (Å²) in [5, 5.41) is 13.2. The molecule has 2 aromatic rings. The van der Waals surface area contributed by atoms with E-state index >= 15 is 0 Å². The second kappa shape index (κ2) is 6.36. The maximum atomic E-state index is 11.0. The number of piperidine rings is 1. The number of rotatable bonds is 4. The summed E-state index contributed by atoms with van der Waals surface area (Å²) in [6.07, 6.45) is 7.41. The van der Waals surface area contributed by atoms with Gasteiger partial charge in [-0.05, 0) is 56.3 Å². The Balaban J connectivity index is 1.43. The lowest BCUT2D eigenvalue weighted by Gasteiger charge is -2.32. The van der Waals surface area contributed by atoms with E-state index in [4.69, 9.17) is 10.1 Å². The lowest BCUT2D eigenvalue weighted by molar-refractivity contribution is 0.0688. The molecule has 0 aromatic carbocycles. The summed E-state index contributed by atoms with van der Waals surface area (Å²) in [4.78, 5) is 18.2. The van der Waals surface area contributed by atoms with Gasteiger partial charge in [-0.2, -0.15) is 5.10 Å². The minimum absolute atomic E-state index is 0.118. The normalized spacial score (nSPS) is 20.9. The number of carbonyl (C=O) groups is 1. The average Bonchev–Trinajstić information content (AvgIpc) is 3.24. The van der Waals surface area contributed by atoms with Gasteiger partial charge in [0.05, 0.1) is 11.7 Å². The van der Waals surface area contributed by atoms with Crippen LogP contribution in [0.2, 0.25) is 0 Å². The molecule has 1 aliphatic carbocycles. The molecular formula is C18H22N4O2. The fourth-order valence-electron chi connectivity index (χ4n) is 3.83. The van der Waals surface area contributed by atoms with E-state index < -0.39 is 5.97 Å². The van der Waals surface area contributed by atoms with E-state index in [-0.39, 0.29) is 11.7 Å². The highest BCUT2D eigenvalue weighted by Gasteiger charge is 2.23. The minimum atomic E-state index is -0.969. The van der Waals surface area contributed by atoms with Crippen molar-refractivity contribution in [3.05, 3.63) is 47.0 Å². The third-order valence-corrected chi connectivity index (χ3v) is 5.05. The van der Waals surface area contributed by atoms with Crippen LogP contribution in [0.3, 0.4) is 0 Å². The van der Waals surface area contributed by atoms with Crippen molar-refractivity contribution in [1.29, 1.82) is 0 Å². The second-order valence-electron chi connectivity index (χ2n) is 6.78. The molecule has 0 radical (unpaired) electrons. The predicted octanol–water partition coefficient (Wildman–Crippen LogP) is 2.30. The van der Waals surface area contributed by atoms with Crippen molar-refractivity contribution in [2.24, 2.45) is 0 Å². The average molecular weight is 326 g/mol. The van der Waals surface area contributed by atoms with Crippen LogP contribution in [0.25, 0.3) is 0 Å². The van der Waals surface area contributed by atoms with Crippen molar-refractivity contribution in [1.82, 2.24) is 19.7 Å². The van der Waals surface area contributed by atoms with Crippen molar-refractivity contribution >= 4 is 5.97 Å². The molecule has 24 heavy (non-hydrogen) atoms. The summed E-state index contributed by atoms with van der Waals surface area (Å²) in [5.41, 5.74) is 3.95. The van der Waals surface area contributed by atoms with Crippen LogP contribution < -0.4 is 0 Å². The van der Waals surface area contributed by atoms with Gasteiger partial charge in [-0.3, -0.25) is 14.6 Å². The smallest absolute Gasteiger partial charge is 0.356 e. The summed E-state index contributed by atoms with van der Waals surface area (Å²) >= 11 is 0. The number of aromatic carboxylic acids is 1. The number of likely N-dealkylation sites (tertiary alicyclic amines) is 1. The molecule has 0 amide bonds. The summed E-state index contributed by atoms with van der Waals surface area (Å²) in [6.45, 7) is 2.80. The summed E-state index contributed by atoms with van der Waals surface area (Å²) in [5.74, 6) is -0.969. The first-order chi connectivity index (χ1) is 11.7. The Morgan fingerprint density at radius 2 is 2.17 bits per heavy atom. The van der Waals surface area contributed by atoms with Crippen LogP contribution in [0.5, 0.6) is 0 Å². The topological polar surface area (TPSA) is 71.2 Å². The Labute approximate surface area is 141 Å². The molecule has 126 valence electrons. The van der Waals surface area contributed by atoms with Gasteiger partial charge in [0.25, 0.3) is 0 Å². The molecule has 2 aliphatic rings. The highest BCUT2D eigenvalue weighted by molar-refractivity contribution is 5.85. The number of aryl methyl sites for hydroxylation is 2. The van der Waals surface area contributed by atoms with E-state index in [0.717, 1.165) is 44.6 Å². The molecule has 0 bridgehead atoms. The van der Waals surface area contributed by atoms with Crippen LogP contribution >= 0.6 is 0 Å². The monoisotopic (exact) mass is 326 g/mol. The van der Waals surface area contributed by atoms with Gasteiger partial charge in [0.15, 0.2) is 5.69 Å². The number of pyridine rings is 1. The zero-order valence-electron chi connectivity index (χ0n) is 13.7. The largest absolute Gasteiger partial charge is 0.476 e. The van der Waals surface area contributed by atoms with Gasteiger partial charge in [0.2, 0.25) is 0 Å². The summed E-state index contributed by atoms with van der Waals surface area (Å²) in [6, 6.07) is 6.20. The van der Waals surface area contributed by atoms with E-state index in [0.29, 0.717) is 0 Å². The molecule has 1 N–H and O–H groups in total. The third kappa shape index (κ3) is 3.06. The predicted molar refractivity (Wildman–Crippen MR) is 89.0 cm³/mol. The molecule has 1 fully saturated rings. The lowest BCUT2D eigenvalue weighted by atomic mass is 10.1. The van der Waals surface area contributed by atoms with Gasteiger partial charge in [0, 0.05) is 25.0 Å². The zero-order valence-corrected chi connectivity index (χ0v) is 13.7. The zero-order chi connectivity index (χ0) is 16.5. The van der Waals surface area contributed by atoms with E-state index in [1.807, 2.05) is 4.68 Å². The molecule has 6 nitrogen and oxygen atoms in total. The fraction of sp³-hybridized carbons (Fsp3) is 0.500. The van der Waals surface area contributed by atoms with Crippen molar-refractivity contribution in [2.75, 3.05) is 13.1 Å². The van der Waals surface area contributed by atoms with Gasteiger partial charge in [-0.15, -0.1) is 0 Å². The standard InChI is InChI=1S/C18H22N4O2/c23-18(24)17-8-10-22(20-17)15-4-2-9-21(12-15)11-14-7-6-13-3-1-5-16(13)19-14/h6-8,10,15H,1-5,9,11-12H2,(H,23,24). The molecule has 6 heteroatoms. The number of carboxylic acids is 1. The number of hydrogen-bond acceptors (Lipinski definition) is 4. The molecule has 1 aliphatic heterocycles. The number of hydrogen-bond donors (Lipinski definition) is 1. The van der Waals surface area contributed by atoms with Crippen molar-refractivity contribution in [3.63, 3.8) is 0 Å². The van der Waals surface area contributed by atoms with Crippen molar-refractivity contribution < 1.29 is 9.90 Å². The van der Waals surface area contributed by atoms with E-state index in [2.05, 4.69) is 22.1 Å². The van der Waals surface area contributed by atoms with Crippen molar-refractivity contribution in [3.8, 4) is 0 Å². The van der Waals surface area contributed by atoms with Gasteiger partial charge >= 0.3 is 5.97 Å². The quantitative estimate of drug-likeness (QED) is 0.933. The van der Waals surface area contributed by atoms with Crippen molar-refractivity contribution in [2.45, 2.75) is 44.7 Å². The number of carboxylic acid groups (broad SMARTS) is 1. The minimum Gasteiger partial charge on any atom is -0.476 e. The first-order valence-electron chi connectivity index (χ1n) is 8.67. The molecule has 1 saturated heterocycles. The second-order valence-corrected chi connectivity index (χ2v) is 6.78. The highest BCUT2D eigenvalue weighted by Crippen LogP contribution is 2.24. The molecule has 2 aromatic heterocycles. The summed E-state index contributed by atoms with van der Waals surface area (Å²) < 4.78 is 1.81. The van der Waals surface area contributed by atoms with Gasteiger partial charge in [0.1, 0.15) is 0 Å². The Kier molecular flexibility index (Phi) is 4.06. The van der Waals surface area contributed by atoms with E-state index in [1.54, 1.807) is 12.3 Å². The van der Waals surface area contributed by atoms with E-state index in [1.165, 1.54) is 24.1 Å². The van der Waals surface area contributed by atoms with Crippen LogP contribution in [0.15, 0.2) is 24.4 Å². The molecule has 0 saturated carbocycles. The van der Waals surface area contributed by atoms with Crippen LogP contribution in [0.4, 0.5) is 0 Å². The molecule has 3 heterocycles.